The molecule has 5 rings (SSSR count). The Kier molecular flexibility index (Phi) is 5.34. The van der Waals surface area contributed by atoms with Gasteiger partial charge in [0.15, 0.2) is 17.5 Å². The molecule has 0 radical (unpaired) electrons. The standard InChI is InChI=1S/C28H24N4/c1-19-6-10-22(11-7-19)26-30-27(23-12-8-20(2)9-13-23)32-28(31-26)24-16-14-21(15-17-24)25-5-3-4-18-29-25/h3-18,25,29H,1-2H3. The highest BCUT2D eigenvalue weighted by atomic mass is 15.0. The van der Waals surface area contributed by atoms with E-state index in [0.717, 1.165) is 16.7 Å². The van der Waals surface area contributed by atoms with E-state index in [-0.39, 0.29) is 6.04 Å². The maximum absolute atomic E-state index is 4.83. The van der Waals surface area contributed by atoms with Gasteiger partial charge in [0.2, 0.25) is 0 Å². The number of rotatable bonds is 4. The summed E-state index contributed by atoms with van der Waals surface area (Å²) in [5, 5.41) is 3.36. The van der Waals surface area contributed by atoms with Gasteiger partial charge in [0.25, 0.3) is 0 Å². The minimum atomic E-state index is 0.179. The Balaban J connectivity index is 1.57. The summed E-state index contributed by atoms with van der Waals surface area (Å²) < 4.78 is 0. The molecule has 1 aliphatic heterocycles. The third-order valence-electron chi connectivity index (χ3n) is 5.57. The van der Waals surface area contributed by atoms with Gasteiger partial charge in [-0.3, -0.25) is 0 Å². The van der Waals surface area contributed by atoms with Crippen LogP contribution in [0.15, 0.2) is 97.2 Å². The van der Waals surface area contributed by atoms with Crippen LogP contribution >= 0.6 is 0 Å². The van der Waals surface area contributed by atoms with Gasteiger partial charge in [0, 0.05) is 16.7 Å². The predicted molar refractivity (Wildman–Crippen MR) is 130 cm³/mol. The number of dihydropyridines is 1. The number of aryl methyl sites for hydroxylation is 2. The van der Waals surface area contributed by atoms with E-state index in [4.69, 9.17) is 15.0 Å². The molecule has 156 valence electrons. The first kappa shape index (κ1) is 19.9. The Morgan fingerprint density at radius 1 is 0.562 bits per heavy atom. The summed E-state index contributed by atoms with van der Waals surface area (Å²) in [6.45, 7) is 4.15. The summed E-state index contributed by atoms with van der Waals surface area (Å²) in [4.78, 5) is 14.5. The van der Waals surface area contributed by atoms with Crippen molar-refractivity contribution in [3.63, 3.8) is 0 Å². The molecule has 0 fully saturated rings. The third-order valence-corrected chi connectivity index (χ3v) is 5.57. The molecule has 1 aliphatic rings. The lowest BCUT2D eigenvalue weighted by molar-refractivity contribution is 0.746. The maximum Gasteiger partial charge on any atom is 0.164 e. The number of hydrogen-bond donors (Lipinski definition) is 1. The smallest absolute Gasteiger partial charge is 0.164 e. The molecule has 0 bridgehead atoms. The van der Waals surface area contributed by atoms with E-state index < -0.39 is 0 Å². The second-order valence-electron chi connectivity index (χ2n) is 8.05. The number of nitrogens with zero attached hydrogens (tertiary/aromatic N) is 3. The van der Waals surface area contributed by atoms with Crippen LogP contribution in [0, 0.1) is 13.8 Å². The van der Waals surface area contributed by atoms with Crippen molar-refractivity contribution in [3.05, 3.63) is 114 Å². The molecule has 0 aliphatic carbocycles. The van der Waals surface area contributed by atoms with Crippen LogP contribution in [0.2, 0.25) is 0 Å². The van der Waals surface area contributed by atoms with E-state index in [1.165, 1.54) is 16.7 Å². The van der Waals surface area contributed by atoms with E-state index in [1.54, 1.807) is 0 Å². The molecule has 3 aromatic carbocycles. The summed E-state index contributed by atoms with van der Waals surface area (Å²) in [5.41, 5.74) is 6.53. The van der Waals surface area contributed by atoms with Crippen molar-refractivity contribution in [3.8, 4) is 34.2 Å². The second kappa shape index (κ2) is 8.60. The van der Waals surface area contributed by atoms with Crippen molar-refractivity contribution >= 4 is 0 Å². The minimum absolute atomic E-state index is 0.179. The van der Waals surface area contributed by atoms with Crippen molar-refractivity contribution in [2.24, 2.45) is 0 Å². The fourth-order valence-electron chi connectivity index (χ4n) is 3.66. The lowest BCUT2D eigenvalue weighted by Gasteiger charge is -2.16. The first-order valence-electron chi connectivity index (χ1n) is 10.8. The maximum atomic E-state index is 4.83. The summed E-state index contributed by atoms with van der Waals surface area (Å²) >= 11 is 0. The predicted octanol–water partition coefficient (Wildman–Crippen LogP) is 6.20. The Labute approximate surface area is 188 Å². The van der Waals surface area contributed by atoms with Crippen LogP contribution in [0.5, 0.6) is 0 Å². The van der Waals surface area contributed by atoms with Gasteiger partial charge in [-0.1, -0.05) is 96.1 Å². The number of benzene rings is 3. The summed E-state index contributed by atoms with van der Waals surface area (Å²) in [6, 6.07) is 25.2. The molecule has 4 heteroatoms. The Hall–Kier alpha value is -4.05. The van der Waals surface area contributed by atoms with Gasteiger partial charge < -0.3 is 5.32 Å². The van der Waals surface area contributed by atoms with Gasteiger partial charge in [-0.05, 0) is 31.7 Å². The number of nitrogens with one attached hydrogen (secondary N) is 1. The van der Waals surface area contributed by atoms with E-state index in [0.29, 0.717) is 17.5 Å². The van der Waals surface area contributed by atoms with Crippen molar-refractivity contribution < 1.29 is 0 Å². The highest BCUT2D eigenvalue weighted by molar-refractivity contribution is 5.66. The van der Waals surface area contributed by atoms with Gasteiger partial charge in [0.1, 0.15) is 0 Å². The van der Waals surface area contributed by atoms with Gasteiger partial charge in [0.05, 0.1) is 6.04 Å². The summed E-state index contributed by atoms with van der Waals surface area (Å²) in [5.74, 6) is 2.03. The molecule has 0 saturated heterocycles. The average molecular weight is 417 g/mol. The molecule has 2 heterocycles. The topological polar surface area (TPSA) is 50.7 Å². The number of hydrogen-bond acceptors (Lipinski definition) is 4. The van der Waals surface area contributed by atoms with E-state index in [1.807, 2.05) is 12.3 Å². The van der Waals surface area contributed by atoms with E-state index in [2.05, 4.69) is 104 Å². The Morgan fingerprint density at radius 2 is 1.00 bits per heavy atom. The molecule has 0 spiro atoms. The van der Waals surface area contributed by atoms with Gasteiger partial charge >= 0.3 is 0 Å². The van der Waals surface area contributed by atoms with Crippen LogP contribution in [0.4, 0.5) is 0 Å². The monoisotopic (exact) mass is 416 g/mol. The molecular weight excluding hydrogens is 392 g/mol. The largest absolute Gasteiger partial charge is 0.381 e. The normalized spacial score (nSPS) is 14.9. The molecule has 0 amide bonds. The molecule has 0 saturated carbocycles. The number of aromatic nitrogens is 3. The summed E-state index contributed by atoms with van der Waals surface area (Å²) in [7, 11) is 0. The van der Waals surface area contributed by atoms with Crippen molar-refractivity contribution in [2.45, 2.75) is 19.9 Å². The Bertz CT molecular complexity index is 1220. The molecule has 32 heavy (non-hydrogen) atoms. The van der Waals surface area contributed by atoms with Crippen LogP contribution < -0.4 is 5.32 Å². The van der Waals surface area contributed by atoms with E-state index >= 15 is 0 Å². The van der Waals surface area contributed by atoms with Crippen LogP contribution in [-0.2, 0) is 0 Å². The summed E-state index contributed by atoms with van der Waals surface area (Å²) in [6.07, 6.45) is 8.16. The fraction of sp³-hybridized carbons (Fsp3) is 0.107. The first-order chi connectivity index (χ1) is 15.7. The molecule has 4 nitrogen and oxygen atoms in total. The zero-order valence-corrected chi connectivity index (χ0v) is 18.2. The lowest BCUT2D eigenvalue weighted by Crippen LogP contribution is -2.14. The Morgan fingerprint density at radius 3 is 1.41 bits per heavy atom. The first-order valence-corrected chi connectivity index (χ1v) is 10.8. The molecule has 1 unspecified atom stereocenters. The van der Waals surface area contributed by atoms with Crippen molar-refractivity contribution in [1.82, 2.24) is 20.3 Å². The van der Waals surface area contributed by atoms with Crippen molar-refractivity contribution in [1.29, 1.82) is 0 Å². The minimum Gasteiger partial charge on any atom is -0.381 e. The fourth-order valence-corrected chi connectivity index (χ4v) is 3.66. The van der Waals surface area contributed by atoms with Crippen LogP contribution in [0.1, 0.15) is 22.7 Å². The van der Waals surface area contributed by atoms with Crippen molar-refractivity contribution in [2.75, 3.05) is 0 Å². The highest BCUT2D eigenvalue weighted by Gasteiger charge is 2.13. The zero-order valence-electron chi connectivity index (χ0n) is 18.2. The molecule has 1 atom stereocenters. The molecule has 1 N–H and O–H groups in total. The highest BCUT2D eigenvalue weighted by Crippen LogP contribution is 2.26. The average Bonchev–Trinajstić information content (AvgIpc) is 2.85. The van der Waals surface area contributed by atoms with Crippen LogP contribution in [0.3, 0.4) is 0 Å². The van der Waals surface area contributed by atoms with Crippen LogP contribution in [0.25, 0.3) is 34.2 Å². The van der Waals surface area contributed by atoms with Gasteiger partial charge in [-0.25, -0.2) is 15.0 Å². The van der Waals surface area contributed by atoms with Gasteiger partial charge in [-0.2, -0.15) is 0 Å². The lowest BCUT2D eigenvalue weighted by atomic mass is 10.0. The molecule has 1 aromatic heterocycles. The zero-order chi connectivity index (χ0) is 21.9. The second-order valence-corrected chi connectivity index (χ2v) is 8.05. The van der Waals surface area contributed by atoms with Crippen LogP contribution in [-0.4, -0.2) is 15.0 Å². The SMILES string of the molecule is Cc1ccc(-c2nc(-c3ccc(C)cc3)nc(-c3ccc(C4C=CC=CN4)cc3)n2)cc1. The number of allylic oxidation sites excluding steroid dienone is 2. The van der Waals surface area contributed by atoms with E-state index in [9.17, 15) is 0 Å². The third kappa shape index (κ3) is 4.21. The molecule has 4 aromatic rings. The van der Waals surface area contributed by atoms with Gasteiger partial charge in [-0.15, -0.1) is 0 Å². The quantitative estimate of drug-likeness (QED) is 0.430. The molecular formula is C28H24N4.